The molecule has 0 unspecified atom stereocenters. The summed E-state index contributed by atoms with van der Waals surface area (Å²) >= 11 is 0. The molecule has 0 bridgehead atoms. The van der Waals surface area contributed by atoms with Crippen LogP contribution in [0.2, 0.25) is 0 Å². The van der Waals surface area contributed by atoms with Crippen LogP contribution in [0.5, 0.6) is 0 Å². The third-order valence-corrected chi connectivity index (χ3v) is 7.36. The molecule has 70 valence electrons. The van der Waals surface area contributed by atoms with Gasteiger partial charge in [-0.2, -0.15) is 0 Å². The maximum atomic E-state index is 5.90. The number of allylic oxidation sites excluding steroid dienone is 2. The molecule has 12 heavy (non-hydrogen) atoms. The summed E-state index contributed by atoms with van der Waals surface area (Å²) in [5.74, 6) is 0. The van der Waals surface area contributed by atoms with Crippen molar-refractivity contribution in [1.29, 1.82) is 0 Å². The average molecular weight is 188 g/mol. The van der Waals surface area contributed by atoms with Crippen molar-refractivity contribution in [2.45, 2.75) is 13.8 Å². The molecule has 1 spiro atoms. The van der Waals surface area contributed by atoms with Crippen molar-refractivity contribution in [3.05, 3.63) is 11.1 Å². The summed E-state index contributed by atoms with van der Waals surface area (Å²) in [6, 6.07) is 0. The second-order valence-electron chi connectivity index (χ2n) is 4.36. The summed E-state index contributed by atoms with van der Waals surface area (Å²) in [7, 11) is -2.14. The van der Waals surface area contributed by atoms with Crippen LogP contribution in [0.4, 0.5) is 0 Å². The predicted octanol–water partition coefficient (Wildman–Crippen LogP) is 2.40. The van der Waals surface area contributed by atoms with E-state index in [4.69, 9.17) is 9.05 Å². The normalized spacial score (nSPS) is 35.4. The van der Waals surface area contributed by atoms with Crippen LogP contribution in [0.15, 0.2) is 11.1 Å². The first kappa shape index (κ1) is 8.68. The molecule has 0 aromatic carbocycles. The molecular formula is C9H17O2P. The van der Waals surface area contributed by atoms with Gasteiger partial charge in [-0.15, -0.1) is 0 Å². The fourth-order valence-electron chi connectivity index (χ4n) is 2.33. The van der Waals surface area contributed by atoms with Gasteiger partial charge in [-0.05, 0) is 0 Å². The number of hydrogen-bond acceptors (Lipinski definition) is 2. The Morgan fingerprint density at radius 2 is 1.42 bits per heavy atom. The first-order valence-electron chi connectivity index (χ1n) is 4.48. The molecule has 0 aromatic heterocycles. The first-order chi connectivity index (χ1) is 5.52. The van der Waals surface area contributed by atoms with Crippen LogP contribution in [0.25, 0.3) is 0 Å². The van der Waals surface area contributed by atoms with Crippen molar-refractivity contribution in [3.8, 4) is 0 Å². The van der Waals surface area contributed by atoms with Crippen LogP contribution in [0.1, 0.15) is 13.8 Å². The van der Waals surface area contributed by atoms with Crippen molar-refractivity contribution < 1.29 is 9.05 Å². The van der Waals surface area contributed by atoms with E-state index in [1.54, 1.807) is 0 Å². The topological polar surface area (TPSA) is 18.5 Å². The first-order valence-corrected chi connectivity index (χ1v) is 7.37. The molecule has 0 atom stereocenters. The summed E-state index contributed by atoms with van der Waals surface area (Å²) in [6.07, 6.45) is 2.13. The van der Waals surface area contributed by atoms with Crippen molar-refractivity contribution in [2.24, 2.45) is 0 Å². The molecule has 3 heteroatoms. The minimum absolute atomic E-state index is 0.800. The Morgan fingerprint density at radius 3 is 1.83 bits per heavy atom. The molecule has 2 aliphatic rings. The summed E-state index contributed by atoms with van der Waals surface area (Å²) in [6.45, 7) is 8.22. The Bertz CT molecular complexity index is 233. The molecule has 0 amide bonds. The van der Waals surface area contributed by atoms with Gasteiger partial charge in [-0.3, -0.25) is 0 Å². The van der Waals surface area contributed by atoms with E-state index in [0.29, 0.717) is 0 Å². The molecule has 0 aliphatic carbocycles. The molecule has 1 fully saturated rings. The van der Waals surface area contributed by atoms with Crippen LogP contribution < -0.4 is 0 Å². The van der Waals surface area contributed by atoms with Gasteiger partial charge >= 0.3 is 73.3 Å². The van der Waals surface area contributed by atoms with Gasteiger partial charge in [0.25, 0.3) is 0 Å². The molecule has 2 rings (SSSR count). The van der Waals surface area contributed by atoms with E-state index in [2.05, 4.69) is 20.5 Å². The average Bonchev–Trinajstić information content (AvgIpc) is 2.41. The maximum absolute atomic E-state index is 5.90. The second-order valence-corrected chi connectivity index (χ2v) is 9.13. The van der Waals surface area contributed by atoms with Crippen LogP contribution >= 0.6 is 7.06 Å². The number of hydrogen-bond donors (Lipinski definition) is 0. The SMILES string of the molecule is CC1=C(C)CP2(C)(C1)OCCO2. The molecule has 0 aromatic rings. The van der Waals surface area contributed by atoms with Crippen LogP contribution in [-0.4, -0.2) is 32.2 Å². The molecule has 1 saturated heterocycles. The van der Waals surface area contributed by atoms with Gasteiger partial charge in [0.05, 0.1) is 0 Å². The van der Waals surface area contributed by atoms with E-state index in [9.17, 15) is 0 Å². The van der Waals surface area contributed by atoms with Gasteiger partial charge in [0.2, 0.25) is 0 Å². The number of rotatable bonds is 0. The second kappa shape index (κ2) is 2.31. The van der Waals surface area contributed by atoms with Crippen molar-refractivity contribution in [3.63, 3.8) is 0 Å². The van der Waals surface area contributed by atoms with Crippen molar-refractivity contribution in [2.75, 3.05) is 32.2 Å². The summed E-state index contributed by atoms with van der Waals surface area (Å²) in [5, 5.41) is 0. The Hall–Kier alpha value is 0.0900. The standard InChI is InChI=1S/C9H17O2P/c1-8-6-12(3,7-9(8)2)10-4-5-11-12/h4-7H2,1-3H3. The summed E-state index contributed by atoms with van der Waals surface area (Å²) < 4.78 is 11.8. The quantitative estimate of drug-likeness (QED) is 0.429. The van der Waals surface area contributed by atoms with Crippen LogP contribution in [-0.2, 0) is 9.05 Å². The Balaban J connectivity index is 2.27. The predicted molar refractivity (Wildman–Crippen MR) is 52.9 cm³/mol. The van der Waals surface area contributed by atoms with Gasteiger partial charge in [0.1, 0.15) is 0 Å². The van der Waals surface area contributed by atoms with Gasteiger partial charge in [0.15, 0.2) is 0 Å². The van der Waals surface area contributed by atoms with Crippen LogP contribution in [0.3, 0.4) is 0 Å². The monoisotopic (exact) mass is 188 g/mol. The molecule has 2 aliphatic heterocycles. The molecule has 0 radical (unpaired) electrons. The van der Waals surface area contributed by atoms with E-state index in [1.165, 1.54) is 11.1 Å². The molecule has 2 nitrogen and oxygen atoms in total. The third-order valence-electron chi connectivity index (χ3n) is 3.00. The Labute approximate surface area is 74.0 Å². The molecule has 2 heterocycles. The fourth-order valence-corrected chi connectivity index (χ4v) is 7.00. The zero-order valence-corrected chi connectivity index (χ0v) is 8.99. The van der Waals surface area contributed by atoms with Crippen molar-refractivity contribution in [1.82, 2.24) is 0 Å². The van der Waals surface area contributed by atoms with E-state index < -0.39 is 7.06 Å². The zero-order chi connectivity index (χ0) is 8.84. The Kier molecular flexibility index (Phi) is 1.67. The Morgan fingerprint density at radius 1 is 1.00 bits per heavy atom. The fraction of sp³-hybridized carbons (Fsp3) is 0.778. The van der Waals surface area contributed by atoms with E-state index >= 15 is 0 Å². The van der Waals surface area contributed by atoms with Gasteiger partial charge in [0, 0.05) is 0 Å². The third kappa shape index (κ3) is 1.14. The minimum atomic E-state index is -2.14. The van der Waals surface area contributed by atoms with Gasteiger partial charge < -0.3 is 0 Å². The summed E-state index contributed by atoms with van der Waals surface area (Å²) in [4.78, 5) is 0. The summed E-state index contributed by atoms with van der Waals surface area (Å²) in [5.41, 5.74) is 2.97. The van der Waals surface area contributed by atoms with E-state index in [1.807, 2.05) is 0 Å². The van der Waals surface area contributed by atoms with Gasteiger partial charge in [-0.25, -0.2) is 0 Å². The molecule has 0 N–H and O–H groups in total. The molecular weight excluding hydrogens is 171 g/mol. The van der Waals surface area contributed by atoms with Crippen LogP contribution in [0, 0.1) is 0 Å². The van der Waals surface area contributed by atoms with Crippen molar-refractivity contribution >= 4 is 7.06 Å². The van der Waals surface area contributed by atoms with E-state index in [0.717, 1.165) is 25.5 Å². The van der Waals surface area contributed by atoms with E-state index in [-0.39, 0.29) is 0 Å². The zero-order valence-electron chi connectivity index (χ0n) is 8.09. The van der Waals surface area contributed by atoms with Gasteiger partial charge in [-0.1, -0.05) is 0 Å². The molecule has 0 saturated carbocycles.